The van der Waals surface area contributed by atoms with Crippen LogP contribution >= 0.6 is 0 Å². The number of ether oxygens (including phenoxy) is 1. The molecule has 1 aromatic carbocycles. The van der Waals surface area contributed by atoms with Crippen LogP contribution in [0.15, 0.2) is 42.7 Å². The second-order valence-electron chi connectivity index (χ2n) is 4.28. The number of hydrogen-bond acceptors (Lipinski definition) is 3. The van der Waals surface area contributed by atoms with Gasteiger partial charge in [-0.3, -0.25) is 4.98 Å². The first-order chi connectivity index (χ1) is 8.70. The summed E-state index contributed by atoms with van der Waals surface area (Å²) in [5, 5.41) is 0. The third-order valence-corrected chi connectivity index (χ3v) is 2.84. The highest BCUT2D eigenvalue weighted by molar-refractivity contribution is 5.34. The van der Waals surface area contributed by atoms with E-state index in [2.05, 4.69) is 24.0 Å². The molecule has 0 radical (unpaired) electrons. The van der Waals surface area contributed by atoms with E-state index in [1.165, 1.54) is 5.56 Å². The van der Waals surface area contributed by atoms with Gasteiger partial charge in [-0.05, 0) is 31.0 Å². The Morgan fingerprint density at radius 2 is 1.89 bits per heavy atom. The lowest BCUT2D eigenvalue weighted by Crippen LogP contribution is -2.12. The maximum Gasteiger partial charge on any atom is 0.137 e. The fraction of sp³-hybridized carbons (Fsp3) is 0.267. The molecule has 18 heavy (non-hydrogen) atoms. The molecule has 0 spiro atoms. The van der Waals surface area contributed by atoms with E-state index >= 15 is 0 Å². The summed E-state index contributed by atoms with van der Waals surface area (Å²) in [7, 11) is 0. The summed E-state index contributed by atoms with van der Waals surface area (Å²) >= 11 is 0. The molecule has 0 saturated carbocycles. The van der Waals surface area contributed by atoms with Gasteiger partial charge in [0.1, 0.15) is 5.75 Å². The predicted octanol–water partition coefficient (Wildman–Crippen LogP) is 2.84. The Balaban J connectivity index is 2.24. The van der Waals surface area contributed by atoms with Gasteiger partial charge in [0, 0.05) is 6.20 Å². The van der Waals surface area contributed by atoms with Crippen LogP contribution in [-0.2, 0) is 0 Å². The zero-order valence-corrected chi connectivity index (χ0v) is 10.8. The summed E-state index contributed by atoms with van der Waals surface area (Å²) in [6.45, 7) is 4.64. The van der Waals surface area contributed by atoms with Crippen LogP contribution in [0.3, 0.4) is 0 Å². The van der Waals surface area contributed by atoms with E-state index in [9.17, 15) is 0 Å². The van der Waals surface area contributed by atoms with Crippen LogP contribution in [-0.4, -0.2) is 11.6 Å². The molecule has 0 aliphatic rings. The normalized spacial score (nSPS) is 12.2. The summed E-state index contributed by atoms with van der Waals surface area (Å²) in [4.78, 5) is 4.16. The van der Waals surface area contributed by atoms with Crippen molar-refractivity contribution >= 4 is 0 Å². The Labute approximate surface area is 108 Å². The minimum absolute atomic E-state index is 0.168. The van der Waals surface area contributed by atoms with Crippen molar-refractivity contribution in [2.45, 2.75) is 19.9 Å². The average molecular weight is 242 g/mol. The molecule has 0 aliphatic carbocycles. The van der Waals surface area contributed by atoms with Gasteiger partial charge in [0.2, 0.25) is 0 Å². The van der Waals surface area contributed by atoms with Crippen molar-refractivity contribution in [2.75, 3.05) is 6.61 Å². The second kappa shape index (κ2) is 5.65. The SMILES string of the molecule is CCOc1cncc(C(N)c2ccc(C)cc2)c1. The van der Waals surface area contributed by atoms with Crippen molar-refractivity contribution in [1.29, 1.82) is 0 Å². The van der Waals surface area contributed by atoms with Crippen molar-refractivity contribution in [3.8, 4) is 5.75 Å². The lowest BCUT2D eigenvalue weighted by atomic mass is 10.00. The van der Waals surface area contributed by atoms with Crippen LogP contribution in [0.1, 0.15) is 29.7 Å². The smallest absolute Gasteiger partial charge is 0.137 e. The van der Waals surface area contributed by atoms with E-state index in [-0.39, 0.29) is 6.04 Å². The summed E-state index contributed by atoms with van der Waals surface area (Å²) in [5.74, 6) is 0.762. The Bertz CT molecular complexity index is 508. The van der Waals surface area contributed by atoms with Crippen LogP contribution in [0.2, 0.25) is 0 Å². The number of aryl methyl sites for hydroxylation is 1. The molecule has 2 aromatic rings. The Hall–Kier alpha value is -1.87. The molecule has 1 heterocycles. The highest BCUT2D eigenvalue weighted by Crippen LogP contribution is 2.22. The highest BCUT2D eigenvalue weighted by Gasteiger charge is 2.10. The van der Waals surface area contributed by atoms with Crippen LogP contribution < -0.4 is 10.5 Å². The van der Waals surface area contributed by atoms with Crippen molar-refractivity contribution < 1.29 is 4.74 Å². The number of aromatic nitrogens is 1. The van der Waals surface area contributed by atoms with Gasteiger partial charge in [0.05, 0.1) is 18.8 Å². The molecule has 0 bridgehead atoms. The molecule has 0 saturated heterocycles. The molecule has 0 aliphatic heterocycles. The number of nitrogens with two attached hydrogens (primary N) is 1. The molecule has 3 nitrogen and oxygen atoms in total. The van der Waals surface area contributed by atoms with Crippen LogP contribution in [0.4, 0.5) is 0 Å². The largest absolute Gasteiger partial charge is 0.492 e. The van der Waals surface area contributed by atoms with Crippen LogP contribution in [0.25, 0.3) is 0 Å². The molecule has 2 rings (SSSR count). The minimum Gasteiger partial charge on any atom is -0.492 e. The van der Waals surface area contributed by atoms with E-state index in [1.54, 1.807) is 12.4 Å². The van der Waals surface area contributed by atoms with Gasteiger partial charge in [-0.2, -0.15) is 0 Å². The zero-order chi connectivity index (χ0) is 13.0. The highest BCUT2D eigenvalue weighted by atomic mass is 16.5. The topological polar surface area (TPSA) is 48.1 Å². The Morgan fingerprint density at radius 3 is 2.56 bits per heavy atom. The lowest BCUT2D eigenvalue weighted by Gasteiger charge is -2.13. The van der Waals surface area contributed by atoms with Gasteiger partial charge in [-0.25, -0.2) is 0 Å². The van der Waals surface area contributed by atoms with Gasteiger partial charge >= 0.3 is 0 Å². The van der Waals surface area contributed by atoms with Crippen molar-refractivity contribution in [3.05, 3.63) is 59.4 Å². The van der Waals surface area contributed by atoms with Gasteiger partial charge < -0.3 is 10.5 Å². The Morgan fingerprint density at radius 1 is 1.17 bits per heavy atom. The van der Waals surface area contributed by atoms with Crippen molar-refractivity contribution in [1.82, 2.24) is 4.98 Å². The summed E-state index contributed by atoms with van der Waals surface area (Å²) < 4.78 is 5.43. The standard InChI is InChI=1S/C15H18N2O/c1-3-18-14-8-13(9-17-10-14)15(16)12-6-4-11(2)5-7-12/h4-10,15H,3,16H2,1-2H3. The summed E-state index contributed by atoms with van der Waals surface area (Å²) in [6.07, 6.45) is 3.49. The predicted molar refractivity (Wildman–Crippen MR) is 72.6 cm³/mol. The maximum atomic E-state index is 6.24. The fourth-order valence-electron chi connectivity index (χ4n) is 1.82. The summed E-state index contributed by atoms with van der Waals surface area (Å²) in [6, 6.07) is 10.0. The second-order valence-corrected chi connectivity index (χ2v) is 4.28. The minimum atomic E-state index is -0.168. The number of pyridine rings is 1. The number of rotatable bonds is 4. The molecule has 3 heteroatoms. The number of hydrogen-bond donors (Lipinski definition) is 1. The third kappa shape index (κ3) is 2.87. The molecule has 1 atom stereocenters. The first-order valence-electron chi connectivity index (χ1n) is 6.10. The first-order valence-corrected chi connectivity index (χ1v) is 6.10. The van der Waals surface area contributed by atoms with Gasteiger partial charge in [0.15, 0.2) is 0 Å². The fourth-order valence-corrected chi connectivity index (χ4v) is 1.82. The monoisotopic (exact) mass is 242 g/mol. The van der Waals surface area contributed by atoms with E-state index in [4.69, 9.17) is 10.5 Å². The van der Waals surface area contributed by atoms with Crippen molar-refractivity contribution in [3.63, 3.8) is 0 Å². The lowest BCUT2D eigenvalue weighted by molar-refractivity contribution is 0.338. The quantitative estimate of drug-likeness (QED) is 0.896. The molecule has 94 valence electrons. The molecule has 1 unspecified atom stereocenters. The van der Waals surface area contributed by atoms with Gasteiger partial charge in [-0.1, -0.05) is 29.8 Å². The average Bonchev–Trinajstić information content (AvgIpc) is 2.39. The van der Waals surface area contributed by atoms with E-state index in [0.29, 0.717) is 6.61 Å². The number of benzene rings is 1. The van der Waals surface area contributed by atoms with E-state index < -0.39 is 0 Å². The zero-order valence-electron chi connectivity index (χ0n) is 10.8. The van der Waals surface area contributed by atoms with E-state index in [1.807, 2.05) is 25.1 Å². The molecule has 1 aromatic heterocycles. The first kappa shape index (κ1) is 12.6. The van der Waals surface area contributed by atoms with Crippen LogP contribution in [0.5, 0.6) is 5.75 Å². The van der Waals surface area contributed by atoms with Crippen molar-refractivity contribution in [2.24, 2.45) is 5.73 Å². The molecular weight excluding hydrogens is 224 g/mol. The number of nitrogens with zero attached hydrogens (tertiary/aromatic N) is 1. The third-order valence-electron chi connectivity index (χ3n) is 2.84. The summed E-state index contributed by atoms with van der Waals surface area (Å²) in [5.41, 5.74) is 9.51. The van der Waals surface area contributed by atoms with Gasteiger partial charge in [-0.15, -0.1) is 0 Å². The Kier molecular flexibility index (Phi) is 3.95. The van der Waals surface area contributed by atoms with E-state index in [0.717, 1.165) is 16.9 Å². The maximum absolute atomic E-state index is 6.24. The molecule has 0 fully saturated rings. The van der Waals surface area contributed by atoms with Crippen LogP contribution in [0, 0.1) is 6.92 Å². The molecule has 2 N–H and O–H groups in total. The van der Waals surface area contributed by atoms with Gasteiger partial charge in [0.25, 0.3) is 0 Å². The molecular formula is C15H18N2O. The molecule has 0 amide bonds.